The van der Waals surface area contributed by atoms with Crippen molar-refractivity contribution in [2.24, 2.45) is 0 Å². The normalized spacial score (nSPS) is 15.8. The number of aliphatic hydroxyl groups is 1. The Labute approximate surface area is 122 Å². The van der Waals surface area contributed by atoms with Crippen LogP contribution in [0.4, 0.5) is 0 Å². The summed E-state index contributed by atoms with van der Waals surface area (Å²) >= 11 is 0. The first-order valence-electron chi connectivity index (χ1n) is 6.82. The molecule has 0 aliphatic carbocycles. The fourth-order valence-corrected chi connectivity index (χ4v) is 2.70. The highest BCUT2D eigenvalue weighted by atomic mass is 16.3. The second-order valence-corrected chi connectivity index (χ2v) is 5.01. The Balaban J connectivity index is 2.02. The lowest BCUT2D eigenvalue weighted by Gasteiger charge is -2.33. The van der Waals surface area contributed by atoms with Gasteiger partial charge in [-0.05, 0) is 17.2 Å². The monoisotopic (exact) mass is 281 g/mol. The van der Waals surface area contributed by atoms with E-state index >= 15 is 0 Å². The third kappa shape index (κ3) is 2.34. The van der Waals surface area contributed by atoms with E-state index in [4.69, 9.17) is 0 Å². The van der Waals surface area contributed by atoms with E-state index in [1.807, 2.05) is 36.4 Å². The molecule has 0 radical (unpaired) electrons. The zero-order chi connectivity index (χ0) is 14.8. The summed E-state index contributed by atoms with van der Waals surface area (Å²) in [5, 5.41) is 9.67. The molecule has 106 valence electrons. The molecule has 2 aromatic carbocycles. The van der Waals surface area contributed by atoms with Gasteiger partial charge in [0.25, 0.3) is 5.91 Å². The molecule has 4 heteroatoms. The third-order valence-electron chi connectivity index (χ3n) is 3.75. The van der Waals surface area contributed by atoms with Crippen LogP contribution >= 0.6 is 0 Å². The van der Waals surface area contributed by atoms with E-state index in [0.29, 0.717) is 5.56 Å². The van der Waals surface area contributed by atoms with Crippen LogP contribution in [0.5, 0.6) is 0 Å². The van der Waals surface area contributed by atoms with Crippen LogP contribution in [0.3, 0.4) is 0 Å². The van der Waals surface area contributed by atoms with Gasteiger partial charge in [-0.2, -0.15) is 0 Å². The summed E-state index contributed by atoms with van der Waals surface area (Å²) < 4.78 is 0. The lowest BCUT2D eigenvalue weighted by Crippen LogP contribution is -2.45. The zero-order valence-corrected chi connectivity index (χ0v) is 11.4. The second kappa shape index (κ2) is 5.50. The first-order valence-corrected chi connectivity index (χ1v) is 6.82. The van der Waals surface area contributed by atoms with Gasteiger partial charge in [-0.25, -0.2) is 0 Å². The average molecular weight is 281 g/mol. The first kappa shape index (κ1) is 13.5. The number of imide groups is 1. The van der Waals surface area contributed by atoms with Crippen LogP contribution in [0, 0.1) is 0 Å². The highest BCUT2D eigenvalue weighted by Crippen LogP contribution is 2.28. The topological polar surface area (TPSA) is 57.6 Å². The molecule has 0 saturated heterocycles. The van der Waals surface area contributed by atoms with Gasteiger partial charge >= 0.3 is 0 Å². The van der Waals surface area contributed by atoms with Crippen molar-refractivity contribution >= 4 is 11.8 Å². The number of carbonyl (C=O) groups is 2. The van der Waals surface area contributed by atoms with Crippen LogP contribution in [0.15, 0.2) is 54.6 Å². The molecule has 1 aliphatic heterocycles. The van der Waals surface area contributed by atoms with E-state index in [1.54, 1.807) is 18.2 Å². The van der Waals surface area contributed by atoms with E-state index in [2.05, 4.69) is 0 Å². The minimum atomic E-state index is -0.639. The van der Waals surface area contributed by atoms with Crippen LogP contribution in [-0.4, -0.2) is 28.4 Å². The van der Waals surface area contributed by atoms with Gasteiger partial charge in [-0.1, -0.05) is 48.5 Å². The average Bonchev–Trinajstić information content (AvgIpc) is 2.52. The molecule has 2 aromatic rings. The van der Waals surface area contributed by atoms with Crippen molar-refractivity contribution in [3.05, 3.63) is 71.3 Å². The number of nitrogens with zero attached hydrogens (tertiary/aromatic N) is 1. The van der Waals surface area contributed by atoms with Crippen molar-refractivity contribution in [2.45, 2.75) is 12.5 Å². The van der Waals surface area contributed by atoms with Gasteiger partial charge < -0.3 is 5.11 Å². The van der Waals surface area contributed by atoms with Crippen LogP contribution in [0.1, 0.15) is 27.5 Å². The van der Waals surface area contributed by atoms with Gasteiger partial charge in [0.05, 0.1) is 19.1 Å². The molecule has 1 aliphatic rings. The summed E-state index contributed by atoms with van der Waals surface area (Å²) in [5.74, 6) is -0.619. The highest BCUT2D eigenvalue weighted by Gasteiger charge is 2.36. The highest BCUT2D eigenvalue weighted by molar-refractivity contribution is 6.10. The first-order chi connectivity index (χ1) is 10.2. The quantitative estimate of drug-likeness (QED) is 0.875. The Morgan fingerprint density at radius 1 is 1.00 bits per heavy atom. The lowest BCUT2D eigenvalue weighted by atomic mass is 9.95. The molecule has 0 spiro atoms. The summed E-state index contributed by atoms with van der Waals surface area (Å²) in [5.41, 5.74) is 2.03. The van der Waals surface area contributed by atoms with E-state index < -0.39 is 6.04 Å². The van der Waals surface area contributed by atoms with Gasteiger partial charge in [0, 0.05) is 5.56 Å². The summed E-state index contributed by atoms with van der Waals surface area (Å²) in [6.45, 7) is -0.288. The van der Waals surface area contributed by atoms with E-state index in [1.165, 1.54) is 4.90 Å². The maximum atomic E-state index is 12.6. The standard InChI is InChI=1S/C17H15NO3/c19-11-15(12-6-2-1-3-7-12)18-16(20)10-13-8-4-5-9-14(13)17(18)21/h1-9,15,19H,10-11H2. The van der Waals surface area contributed by atoms with Gasteiger partial charge in [0.1, 0.15) is 0 Å². The number of hydrogen-bond donors (Lipinski definition) is 1. The molecule has 2 amide bonds. The summed E-state index contributed by atoms with van der Waals surface area (Å²) in [6.07, 6.45) is 0.186. The maximum absolute atomic E-state index is 12.6. The van der Waals surface area contributed by atoms with Crippen molar-refractivity contribution in [1.29, 1.82) is 0 Å². The van der Waals surface area contributed by atoms with Crippen molar-refractivity contribution in [1.82, 2.24) is 4.90 Å². The van der Waals surface area contributed by atoms with Crippen LogP contribution in [0.2, 0.25) is 0 Å². The van der Waals surface area contributed by atoms with E-state index in [-0.39, 0.29) is 24.8 Å². The molecule has 0 bridgehead atoms. The Morgan fingerprint density at radius 2 is 1.67 bits per heavy atom. The lowest BCUT2D eigenvalue weighted by molar-refractivity contribution is -0.131. The van der Waals surface area contributed by atoms with Gasteiger partial charge in [0.15, 0.2) is 0 Å². The Bertz CT molecular complexity index is 681. The molecule has 3 rings (SSSR count). The molecule has 4 nitrogen and oxygen atoms in total. The molecular weight excluding hydrogens is 266 g/mol. The number of aliphatic hydroxyl groups excluding tert-OH is 1. The fraction of sp³-hybridized carbons (Fsp3) is 0.176. The largest absolute Gasteiger partial charge is 0.394 e. The van der Waals surface area contributed by atoms with E-state index in [9.17, 15) is 14.7 Å². The Morgan fingerprint density at radius 3 is 2.38 bits per heavy atom. The maximum Gasteiger partial charge on any atom is 0.261 e. The van der Waals surface area contributed by atoms with Crippen LogP contribution in [0.25, 0.3) is 0 Å². The second-order valence-electron chi connectivity index (χ2n) is 5.01. The number of benzene rings is 2. The predicted octanol–water partition coefficient (Wildman–Crippen LogP) is 1.95. The summed E-state index contributed by atoms with van der Waals surface area (Å²) in [7, 11) is 0. The van der Waals surface area contributed by atoms with Gasteiger partial charge in [-0.15, -0.1) is 0 Å². The van der Waals surface area contributed by atoms with Crippen molar-refractivity contribution < 1.29 is 14.7 Å². The molecule has 1 unspecified atom stereocenters. The molecule has 1 heterocycles. The number of carbonyl (C=O) groups excluding carboxylic acids is 2. The molecular formula is C17H15NO3. The van der Waals surface area contributed by atoms with Gasteiger partial charge in [0.2, 0.25) is 5.91 Å². The van der Waals surface area contributed by atoms with Crippen molar-refractivity contribution in [3.63, 3.8) is 0 Å². The summed E-state index contributed by atoms with van der Waals surface area (Å²) in [4.78, 5) is 26.1. The smallest absolute Gasteiger partial charge is 0.261 e. The third-order valence-corrected chi connectivity index (χ3v) is 3.75. The molecule has 0 fully saturated rings. The minimum absolute atomic E-state index is 0.186. The Hall–Kier alpha value is -2.46. The predicted molar refractivity (Wildman–Crippen MR) is 77.6 cm³/mol. The molecule has 1 N–H and O–H groups in total. The minimum Gasteiger partial charge on any atom is -0.394 e. The number of amides is 2. The van der Waals surface area contributed by atoms with Crippen molar-refractivity contribution in [2.75, 3.05) is 6.61 Å². The van der Waals surface area contributed by atoms with Crippen LogP contribution in [-0.2, 0) is 11.2 Å². The molecule has 21 heavy (non-hydrogen) atoms. The Kier molecular flexibility index (Phi) is 3.54. The van der Waals surface area contributed by atoms with Gasteiger partial charge in [-0.3, -0.25) is 14.5 Å². The molecule has 0 aromatic heterocycles. The van der Waals surface area contributed by atoms with E-state index in [0.717, 1.165) is 11.1 Å². The van der Waals surface area contributed by atoms with Crippen LogP contribution < -0.4 is 0 Å². The molecule has 1 atom stereocenters. The molecule has 0 saturated carbocycles. The fourth-order valence-electron chi connectivity index (χ4n) is 2.70. The SMILES string of the molecule is O=C1Cc2ccccc2C(=O)N1C(CO)c1ccccc1. The number of hydrogen-bond acceptors (Lipinski definition) is 3. The zero-order valence-electron chi connectivity index (χ0n) is 11.4. The van der Waals surface area contributed by atoms with Crippen molar-refractivity contribution in [3.8, 4) is 0 Å². The number of rotatable bonds is 3. The number of fused-ring (bicyclic) bond motifs is 1. The summed E-state index contributed by atoms with van der Waals surface area (Å²) in [6, 6.07) is 15.6.